The van der Waals surface area contributed by atoms with Crippen molar-refractivity contribution in [3.63, 3.8) is 0 Å². The van der Waals surface area contributed by atoms with Gasteiger partial charge in [-0.3, -0.25) is 4.79 Å². The van der Waals surface area contributed by atoms with E-state index in [1.54, 1.807) is 12.2 Å². The average molecular weight is 329 g/mol. The van der Waals surface area contributed by atoms with E-state index in [9.17, 15) is 4.79 Å². The molecule has 0 spiro atoms. The molecule has 0 heterocycles. The number of rotatable bonds is 6. The number of hydrogen-bond donors (Lipinski definition) is 1. The lowest BCUT2D eigenvalue weighted by Crippen LogP contribution is -2.07. The van der Waals surface area contributed by atoms with Crippen molar-refractivity contribution < 1.29 is 9.53 Å². The van der Waals surface area contributed by atoms with Crippen LogP contribution in [0, 0.1) is 0 Å². The predicted octanol–water partition coefficient (Wildman–Crippen LogP) is 5.06. The number of carbonyl (C=O) groups is 1. The van der Waals surface area contributed by atoms with E-state index >= 15 is 0 Å². The Balaban J connectivity index is 1.67. The Morgan fingerprint density at radius 3 is 2.56 bits per heavy atom. The van der Waals surface area contributed by atoms with Gasteiger partial charge in [0.05, 0.1) is 0 Å². The molecule has 1 N–H and O–H groups in total. The third-order valence-corrected chi connectivity index (χ3v) is 3.73. The van der Waals surface area contributed by atoms with E-state index < -0.39 is 0 Å². The van der Waals surface area contributed by atoms with Crippen LogP contribution in [0.15, 0.2) is 85.5 Å². The second-order valence-electron chi connectivity index (χ2n) is 5.52. The largest absolute Gasteiger partial charge is 0.490 e. The summed E-state index contributed by atoms with van der Waals surface area (Å²) in [5, 5.41) is 5.12. The van der Waals surface area contributed by atoms with E-state index in [1.165, 1.54) is 0 Å². The van der Waals surface area contributed by atoms with E-state index in [0.717, 1.165) is 27.8 Å². The molecule has 25 heavy (non-hydrogen) atoms. The molecule has 0 fully saturated rings. The highest BCUT2D eigenvalue weighted by Gasteiger charge is 2.01. The minimum absolute atomic E-state index is 0.173. The average Bonchev–Trinajstić information content (AvgIpc) is 2.66. The van der Waals surface area contributed by atoms with E-state index in [0.29, 0.717) is 6.61 Å². The molecule has 0 unspecified atom stereocenters. The number of amides is 1. The van der Waals surface area contributed by atoms with Crippen LogP contribution in [0.4, 0.5) is 5.69 Å². The highest BCUT2D eigenvalue weighted by molar-refractivity contribution is 6.03. The fourth-order valence-corrected chi connectivity index (χ4v) is 2.53. The Hall–Kier alpha value is -3.33. The Morgan fingerprint density at radius 1 is 1.00 bits per heavy atom. The minimum atomic E-state index is -0.173. The maximum atomic E-state index is 12.1. The molecule has 0 saturated carbocycles. The molecule has 3 rings (SSSR count). The quantitative estimate of drug-likeness (QED) is 0.507. The molecule has 0 saturated heterocycles. The van der Waals surface area contributed by atoms with Crippen molar-refractivity contribution in [3.8, 4) is 5.75 Å². The van der Waals surface area contributed by atoms with Gasteiger partial charge in [-0.25, -0.2) is 0 Å². The van der Waals surface area contributed by atoms with E-state index in [2.05, 4.69) is 30.1 Å². The van der Waals surface area contributed by atoms with Crippen molar-refractivity contribution in [1.29, 1.82) is 0 Å². The zero-order valence-electron chi connectivity index (χ0n) is 13.8. The van der Waals surface area contributed by atoms with Gasteiger partial charge in [-0.15, -0.1) is 0 Å². The third kappa shape index (κ3) is 4.36. The summed E-state index contributed by atoms with van der Waals surface area (Å²) in [7, 11) is 0. The van der Waals surface area contributed by atoms with Crippen molar-refractivity contribution in [2.45, 2.75) is 0 Å². The first-order valence-corrected chi connectivity index (χ1v) is 8.07. The molecule has 1 amide bonds. The van der Waals surface area contributed by atoms with E-state index in [4.69, 9.17) is 4.74 Å². The van der Waals surface area contributed by atoms with Gasteiger partial charge in [-0.1, -0.05) is 55.1 Å². The second-order valence-corrected chi connectivity index (χ2v) is 5.52. The van der Waals surface area contributed by atoms with Crippen molar-refractivity contribution >= 4 is 28.4 Å². The lowest BCUT2D eigenvalue weighted by molar-refractivity contribution is -0.111. The van der Waals surface area contributed by atoms with Gasteiger partial charge < -0.3 is 10.1 Å². The lowest BCUT2D eigenvalue weighted by Gasteiger charge is -2.06. The summed E-state index contributed by atoms with van der Waals surface area (Å²) in [5.41, 5.74) is 1.74. The first-order valence-electron chi connectivity index (χ1n) is 8.07. The smallest absolute Gasteiger partial charge is 0.248 e. The molecule has 0 aromatic heterocycles. The molecule has 0 radical (unpaired) electrons. The number of ether oxygens (including phenoxy) is 1. The van der Waals surface area contributed by atoms with Gasteiger partial charge in [0.1, 0.15) is 12.4 Å². The Morgan fingerprint density at radius 2 is 1.76 bits per heavy atom. The molecular formula is C22H19NO2. The minimum Gasteiger partial charge on any atom is -0.490 e. The Bertz CT molecular complexity index is 905. The van der Waals surface area contributed by atoms with Crippen LogP contribution in [-0.4, -0.2) is 12.5 Å². The normalized spacial score (nSPS) is 10.7. The molecule has 0 atom stereocenters. The summed E-state index contributed by atoms with van der Waals surface area (Å²) < 4.78 is 5.42. The maximum Gasteiger partial charge on any atom is 0.248 e. The van der Waals surface area contributed by atoms with Gasteiger partial charge in [0.15, 0.2) is 0 Å². The molecule has 3 aromatic carbocycles. The van der Waals surface area contributed by atoms with Crippen LogP contribution in [0.2, 0.25) is 0 Å². The van der Waals surface area contributed by atoms with Crippen molar-refractivity contribution in [2.75, 3.05) is 11.9 Å². The fourth-order valence-electron chi connectivity index (χ4n) is 2.53. The summed E-state index contributed by atoms with van der Waals surface area (Å²) in [4.78, 5) is 12.1. The van der Waals surface area contributed by atoms with Crippen LogP contribution in [0.1, 0.15) is 5.56 Å². The molecule has 0 aliphatic heterocycles. The number of benzene rings is 3. The number of carbonyl (C=O) groups excluding carboxylic acids is 1. The van der Waals surface area contributed by atoms with Crippen LogP contribution in [0.3, 0.4) is 0 Å². The van der Waals surface area contributed by atoms with E-state index in [1.807, 2.05) is 54.6 Å². The van der Waals surface area contributed by atoms with Crippen LogP contribution in [-0.2, 0) is 4.79 Å². The Kier molecular flexibility index (Phi) is 5.27. The summed E-state index contributed by atoms with van der Waals surface area (Å²) in [5.74, 6) is 0.567. The Labute approximate surface area is 147 Å². The van der Waals surface area contributed by atoms with Crippen LogP contribution < -0.4 is 10.1 Å². The predicted molar refractivity (Wildman–Crippen MR) is 104 cm³/mol. The van der Waals surface area contributed by atoms with Gasteiger partial charge in [0.2, 0.25) is 5.91 Å². The van der Waals surface area contributed by atoms with Gasteiger partial charge in [0.25, 0.3) is 0 Å². The molecule has 0 aliphatic rings. The molecule has 124 valence electrons. The lowest BCUT2D eigenvalue weighted by atomic mass is 10.0. The number of nitrogens with one attached hydrogen (secondary N) is 1. The maximum absolute atomic E-state index is 12.1. The van der Waals surface area contributed by atoms with Gasteiger partial charge in [-0.2, -0.15) is 0 Å². The standard InChI is InChI=1S/C22H19NO2/c1-2-16-25-20-13-11-19(12-14-20)23-22(24)15-10-18-8-5-7-17-6-3-4-9-21(17)18/h2-15H,1,16H2,(H,23,24). The molecule has 3 heteroatoms. The van der Waals surface area contributed by atoms with Crippen LogP contribution in [0.5, 0.6) is 5.75 Å². The summed E-state index contributed by atoms with van der Waals surface area (Å²) in [6.07, 6.45) is 5.07. The van der Waals surface area contributed by atoms with Gasteiger partial charge >= 0.3 is 0 Å². The molecule has 0 aliphatic carbocycles. The zero-order chi connectivity index (χ0) is 17.5. The molecule has 3 nitrogen and oxygen atoms in total. The van der Waals surface area contributed by atoms with Gasteiger partial charge in [-0.05, 0) is 46.7 Å². The number of anilines is 1. The summed E-state index contributed by atoms with van der Waals surface area (Å²) in [6, 6.07) is 21.4. The van der Waals surface area contributed by atoms with Crippen molar-refractivity contribution in [2.24, 2.45) is 0 Å². The van der Waals surface area contributed by atoms with E-state index in [-0.39, 0.29) is 5.91 Å². The number of fused-ring (bicyclic) bond motifs is 1. The molecule has 3 aromatic rings. The monoisotopic (exact) mass is 329 g/mol. The summed E-state index contributed by atoms with van der Waals surface area (Å²) >= 11 is 0. The topological polar surface area (TPSA) is 38.3 Å². The van der Waals surface area contributed by atoms with Crippen molar-refractivity contribution in [3.05, 3.63) is 91.0 Å². The van der Waals surface area contributed by atoms with Crippen LogP contribution in [0.25, 0.3) is 16.8 Å². The highest BCUT2D eigenvalue weighted by atomic mass is 16.5. The SMILES string of the molecule is C=CCOc1ccc(NC(=O)C=Cc2cccc3ccccc23)cc1. The first-order chi connectivity index (χ1) is 12.3. The van der Waals surface area contributed by atoms with Gasteiger partial charge in [0, 0.05) is 11.8 Å². The molecule has 0 bridgehead atoms. The fraction of sp³-hybridized carbons (Fsp3) is 0.0455. The second kappa shape index (κ2) is 7.97. The van der Waals surface area contributed by atoms with Crippen molar-refractivity contribution in [1.82, 2.24) is 0 Å². The van der Waals surface area contributed by atoms with Crippen LogP contribution >= 0.6 is 0 Å². The first kappa shape index (κ1) is 16.5. The summed E-state index contributed by atoms with van der Waals surface area (Å²) in [6.45, 7) is 4.07. The third-order valence-electron chi connectivity index (χ3n) is 3.73. The zero-order valence-corrected chi connectivity index (χ0v) is 13.8. The number of hydrogen-bond acceptors (Lipinski definition) is 2. The molecular weight excluding hydrogens is 310 g/mol. The highest BCUT2D eigenvalue weighted by Crippen LogP contribution is 2.20.